The highest BCUT2D eigenvalue weighted by atomic mass is 32.1. The van der Waals surface area contributed by atoms with Crippen LogP contribution in [0.3, 0.4) is 0 Å². The summed E-state index contributed by atoms with van der Waals surface area (Å²) in [4.78, 5) is 44.8. The summed E-state index contributed by atoms with van der Waals surface area (Å²) in [6.07, 6.45) is 5.62. The third kappa shape index (κ3) is 4.06. The molecule has 0 atom stereocenters. The Morgan fingerprint density at radius 1 is 1.13 bits per heavy atom. The van der Waals surface area contributed by atoms with E-state index in [9.17, 15) is 19.7 Å². The lowest BCUT2D eigenvalue weighted by atomic mass is 9.97. The fourth-order valence-electron chi connectivity index (χ4n) is 3.27. The molecule has 1 aromatic carbocycles. The number of hydrazine groups is 1. The number of hydrogen-bond donors (Lipinski definition) is 2. The van der Waals surface area contributed by atoms with Crippen LogP contribution in [0.2, 0.25) is 0 Å². The number of ether oxygens (including phenoxy) is 1. The minimum Gasteiger partial charge on any atom is -0.467 e. The number of carbonyl (C=O) groups excluding carboxylic acids is 2. The number of carbonyl (C=O) groups is 2. The highest BCUT2D eigenvalue weighted by Gasteiger charge is 2.21. The van der Waals surface area contributed by atoms with Crippen LogP contribution in [0.15, 0.2) is 30.6 Å². The van der Waals surface area contributed by atoms with Crippen LogP contribution < -0.4 is 15.6 Å². The summed E-state index contributed by atoms with van der Waals surface area (Å²) in [5.41, 5.74) is 5.74. The third-order valence-electron chi connectivity index (χ3n) is 4.71. The molecule has 2 N–H and O–H groups in total. The molecule has 11 heteroatoms. The van der Waals surface area contributed by atoms with Gasteiger partial charge in [0.05, 0.1) is 10.3 Å². The molecule has 2 heterocycles. The van der Waals surface area contributed by atoms with Gasteiger partial charge in [-0.25, -0.2) is 9.97 Å². The molecular formula is C19H17N5O5S. The van der Waals surface area contributed by atoms with Gasteiger partial charge in [0, 0.05) is 22.6 Å². The molecule has 2 aromatic heterocycles. The zero-order valence-electron chi connectivity index (χ0n) is 15.7. The molecule has 3 aromatic rings. The first kappa shape index (κ1) is 19.7. The topological polar surface area (TPSA) is 136 Å². The Hall–Kier alpha value is -3.60. The number of fused-ring (bicyclic) bond motifs is 3. The van der Waals surface area contributed by atoms with Gasteiger partial charge in [-0.05, 0) is 43.4 Å². The number of aryl methyl sites for hydroxylation is 2. The fourth-order valence-corrected chi connectivity index (χ4v) is 4.49. The van der Waals surface area contributed by atoms with Crippen molar-refractivity contribution < 1.29 is 19.2 Å². The van der Waals surface area contributed by atoms with Gasteiger partial charge in [0.2, 0.25) is 5.88 Å². The molecule has 0 radical (unpaired) electrons. The fraction of sp³-hybridized carbons (Fsp3) is 0.263. The molecule has 10 nitrogen and oxygen atoms in total. The molecule has 0 aliphatic heterocycles. The second-order valence-corrected chi connectivity index (χ2v) is 7.75. The third-order valence-corrected chi connectivity index (χ3v) is 5.91. The van der Waals surface area contributed by atoms with Crippen LogP contribution in [0, 0.1) is 10.1 Å². The van der Waals surface area contributed by atoms with Crippen LogP contribution >= 0.6 is 11.3 Å². The number of hydrogen-bond acceptors (Lipinski definition) is 8. The number of nitrogens with zero attached hydrogens (tertiary/aromatic N) is 3. The van der Waals surface area contributed by atoms with Crippen LogP contribution in [0.1, 0.15) is 33.6 Å². The van der Waals surface area contributed by atoms with Gasteiger partial charge in [0.15, 0.2) is 6.61 Å². The Morgan fingerprint density at radius 3 is 2.67 bits per heavy atom. The summed E-state index contributed by atoms with van der Waals surface area (Å²) in [6, 6.07) is 5.02. The number of amides is 2. The molecule has 1 aliphatic carbocycles. The van der Waals surface area contributed by atoms with E-state index in [-0.39, 0.29) is 17.9 Å². The molecule has 1 aliphatic rings. The molecule has 30 heavy (non-hydrogen) atoms. The first-order valence-electron chi connectivity index (χ1n) is 9.24. The maximum atomic E-state index is 12.1. The van der Waals surface area contributed by atoms with Crippen molar-refractivity contribution in [1.82, 2.24) is 20.8 Å². The number of rotatable bonds is 5. The van der Waals surface area contributed by atoms with Crippen LogP contribution in [-0.2, 0) is 17.6 Å². The van der Waals surface area contributed by atoms with E-state index in [0.29, 0.717) is 5.88 Å². The number of thiophene rings is 1. The Bertz CT molecular complexity index is 1130. The summed E-state index contributed by atoms with van der Waals surface area (Å²) in [5.74, 6) is -0.813. The maximum absolute atomic E-state index is 12.1. The molecule has 2 amide bonds. The van der Waals surface area contributed by atoms with Gasteiger partial charge in [-0.15, -0.1) is 11.3 Å². The number of aromatic nitrogens is 2. The normalized spacial score (nSPS) is 12.8. The first-order valence-corrected chi connectivity index (χ1v) is 10.1. The van der Waals surface area contributed by atoms with E-state index >= 15 is 0 Å². The number of benzene rings is 1. The monoisotopic (exact) mass is 427 g/mol. The second kappa shape index (κ2) is 8.41. The average molecular weight is 427 g/mol. The molecule has 0 unspecified atom stereocenters. The molecule has 0 fully saturated rings. The van der Waals surface area contributed by atoms with Gasteiger partial charge in [0.1, 0.15) is 11.2 Å². The Balaban J connectivity index is 1.35. The largest absolute Gasteiger partial charge is 0.467 e. The molecule has 154 valence electrons. The molecule has 0 saturated carbocycles. The van der Waals surface area contributed by atoms with Gasteiger partial charge in [0.25, 0.3) is 17.5 Å². The summed E-state index contributed by atoms with van der Waals surface area (Å²) in [5, 5.41) is 11.5. The van der Waals surface area contributed by atoms with E-state index < -0.39 is 16.7 Å². The van der Waals surface area contributed by atoms with Gasteiger partial charge in [-0.3, -0.25) is 30.6 Å². The Morgan fingerprint density at radius 2 is 1.90 bits per heavy atom. The van der Waals surface area contributed by atoms with E-state index in [1.54, 1.807) is 11.3 Å². The number of nitro groups is 1. The van der Waals surface area contributed by atoms with E-state index in [4.69, 9.17) is 4.74 Å². The van der Waals surface area contributed by atoms with Gasteiger partial charge in [-0.2, -0.15) is 0 Å². The SMILES string of the molecule is O=C(COc1ncnc2sc3c(c12)CCCC3)NNC(=O)c1ccc([N+](=O)[O-])cc1. The van der Waals surface area contributed by atoms with Crippen LogP contribution in [0.25, 0.3) is 10.2 Å². The predicted octanol–water partition coefficient (Wildman–Crippen LogP) is 2.32. The minimum absolute atomic E-state index is 0.129. The van der Waals surface area contributed by atoms with Crippen molar-refractivity contribution in [3.05, 3.63) is 56.7 Å². The summed E-state index contributed by atoms with van der Waals surface area (Å²) in [6.45, 7) is -0.336. The van der Waals surface area contributed by atoms with Gasteiger partial charge in [-0.1, -0.05) is 0 Å². The van der Waals surface area contributed by atoms with E-state index in [0.717, 1.165) is 35.9 Å². The molecular weight excluding hydrogens is 410 g/mol. The van der Waals surface area contributed by atoms with E-state index in [2.05, 4.69) is 20.8 Å². The first-order chi connectivity index (χ1) is 14.5. The van der Waals surface area contributed by atoms with Crippen LogP contribution in [-0.4, -0.2) is 33.3 Å². The van der Waals surface area contributed by atoms with Crippen LogP contribution in [0.5, 0.6) is 5.88 Å². The quantitative estimate of drug-likeness (QED) is 0.471. The standard InChI is InChI=1S/C19H17N5O5S/c25-15(22-23-17(26)11-5-7-12(8-6-11)24(27)28)9-29-18-16-13-3-1-2-4-14(13)30-19(16)21-10-20-18/h5-8,10H,1-4,9H2,(H,22,25)(H,23,26). The van der Waals surface area contributed by atoms with E-state index in [1.165, 1.54) is 41.0 Å². The summed E-state index contributed by atoms with van der Waals surface area (Å²) in [7, 11) is 0. The molecule has 0 bridgehead atoms. The molecule has 0 spiro atoms. The van der Waals surface area contributed by atoms with Crippen LogP contribution in [0.4, 0.5) is 5.69 Å². The van der Waals surface area contributed by atoms with Crippen molar-refractivity contribution in [2.45, 2.75) is 25.7 Å². The Kier molecular flexibility index (Phi) is 5.53. The van der Waals surface area contributed by atoms with Crippen molar-refractivity contribution >= 4 is 39.1 Å². The smallest absolute Gasteiger partial charge is 0.276 e. The lowest BCUT2D eigenvalue weighted by Gasteiger charge is -2.12. The highest BCUT2D eigenvalue weighted by molar-refractivity contribution is 7.18. The van der Waals surface area contributed by atoms with Crippen molar-refractivity contribution in [1.29, 1.82) is 0 Å². The predicted molar refractivity (Wildman–Crippen MR) is 108 cm³/mol. The number of non-ortho nitro benzene ring substituents is 1. The van der Waals surface area contributed by atoms with Gasteiger partial charge < -0.3 is 4.74 Å². The maximum Gasteiger partial charge on any atom is 0.276 e. The van der Waals surface area contributed by atoms with Crippen molar-refractivity contribution in [3.8, 4) is 5.88 Å². The summed E-state index contributed by atoms with van der Waals surface area (Å²) >= 11 is 1.63. The number of nitro benzene ring substituents is 1. The Labute approximate surface area is 174 Å². The lowest BCUT2D eigenvalue weighted by Crippen LogP contribution is -2.43. The van der Waals surface area contributed by atoms with Crippen molar-refractivity contribution in [2.24, 2.45) is 0 Å². The molecule has 0 saturated heterocycles. The molecule has 4 rings (SSSR count). The lowest BCUT2D eigenvalue weighted by molar-refractivity contribution is -0.384. The highest BCUT2D eigenvalue weighted by Crippen LogP contribution is 2.38. The zero-order valence-corrected chi connectivity index (χ0v) is 16.5. The van der Waals surface area contributed by atoms with E-state index in [1.807, 2.05) is 0 Å². The summed E-state index contributed by atoms with van der Waals surface area (Å²) < 4.78 is 5.60. The van der Waals surface area contributed by atoms with Gasteiger partial charge >= 0.3 is 0 Å². The minimum atomic E-state index is -0.602. The second-order valence-electron chi connectivity index (χ2n) is 6.66. The van der Waals surface area contributed by atoms with Crippen molar-refractivity contribution in [2.75, 3.05) is 6.61 Å². The number of nitrogens with one attached hydrogen (secondary N) is 2. The average Bonchev–Trinajstić information content (AvgIpc) is 3.15. The van der Waals surface area contributed by atoms with Crippen molar-refractivity contribution in [3.63, 3.8) is 0 Å². The zero-order chi connectivity index (χ0) is 21.1.